The highest BCUT2D eigenvalue weighted by Crippen LogP contribution is 2.39. The van der Waals surface area contributed by atoms with Gasteiger partial charge in [0.05, 0.1) is 0 Å². The van der Waals surface area contributed by atoms with E-state index in [9.17, 15) is 13.6 Å². The molecule has 0 fully saturated rings. The second-order valence-electron chi connectivity index (χ2n) is 7.24. The van der Waals surface area contributed by atoms with E-state index in [1.165, 1.54) is 6.07 Å². The molecule has 0 saturated carbocycles. The van der Waals surface area contributed by atoms with Crippen molar-refractivity contribution in [2.24, 2.45) is 0 Å². The number of aromatic nitrogens is 1. The third kappa shape index (κ3) is 3.74. The quantitative estimate of drug-likeness (QED) is 0.665. The minimum Gasteiger partial charge on any atom is -0.483 e. The summed E-state index contributed by atoms with van der Waals surface area (Å²) in [6.45, 7) is 3.93. The van der Waals surface area contributed by atoms with Gasteiger partial charge in [0, 0.05) is 17.3 Å². The third-order valence-corrected chi connectivity index (χ3v) is 4.55. The molecule has 1 N–H and O–H groups in total. The maximum atomic E-state index is 13.8. The second-order valence-corrected chi connectivity index (χ2v) is 7.24. The predicted octanol–water partition coefficient (Wildman–Crippen LogP) is 5.21. The first-order chi connectivity index (χ1) is 13.8. The highest BCUT2D eigenvalue weighted by molar-refractivity contribution is 6.04. The first-order valence-electron chi connectivity index (χ1n) is 9.07. The zero-order chi connectivity index (χ0) is 20.6. The number of para-hydroxylation sites is 1. The van der Waals surface area contributed by atoms with Crippen LogP contribution in [0.25, 0.3) is 5.57 Å². The molecule has 4 nitrogen and oxygen atoms in total. The minimum atomic E-state index is -0.926. The number of rotatable bonds is 3. The summed E-state index contributed by atoms with van der Waals surface area (Å²) >= 11 is 0. The van der Waals surface area contributed by atoms with Crippen LogP contribution < -0.4 is 10.1 Å². The van der Waals surface area contributed by atoms with E-state index in [2.05, 4.69) is 10.3 Å². The molecule has 1 aromatic heterocycles. The number of halogens is 2. The number of nitrogens with one attached hydrogen (secondary N) is 1. The molecule has 6 heteroatoms. The van der Waals surface area contributed by atoms with Crippen LogP contribution in [-0.2, 0) is 0 Å². The first-order valence-corrected chi connectivity index (χ1v) is 9.07. The van der Waals surface area contributed by atoms with Gasteiger partial charge >= 0.3 is 0 Å². The fourth-order valence-corrected chi connectivity index (χ4v) is 3.28. The van der Waals surface area contributed by atoms with Crippen molar-refractivity contribution < 1.29 is 18.3 Å². The molecule has 0 atom stereocenters. The van der Waals surface area contributed by atoms with E-state index in [1.54, 1.807) is 18.3 Å². The monoisotopic (exact) mass is 392 g/mol. The molecular weight excluding hydrogens is 374 g/mol. The largest absolute Gasteiger partial charge is 0.483 e. The zero-order valence-electron chi connectivity index (χ0n) is 15.9. The number of nitrogens with zero attached hydrogens (tertiary/aromatic N) is 1. The van der Waals surface area contributed by atoms with Gasteiger partial charge in [-0.2, -0.15) is 0 Å². The van der Waals surface area contributed by atoms with Gasteiger partial charge in [-0.15, -0.1) is 0 Å². The minimum absolute atomic E-state index is 0.196. The molecule has 0 bridgehead atoms. The fourth-order valence-electron chi connectivity index (χ4n) is 3.28. The lowest BCUT2D eigenvalue weighted by Crippen LogP contribution is -2.29. The molecule has 1 aliphatic heterocycles. The standard InChI is InChI=1S/C23H18F2N2O2/c1-23(2)12-16(15-6-3-4-9-19(15)29-23)14-10-11-20(26-13-14)27-22(28)21-17(24)7-5-8-18(21)25/h3-13H,1-2H3,(H,26,27,28). The lowest BCUT2D eigenvalue weighted by Gasteiger charge is -2.31. The Morgan fingerprint density at radius 3 is 2.41 bits per heavy atom. The van der Waals surface area contributed by atoms with Gasteiger partial charge in [0.1, 0.15) is 34.4 Å². The lowest BCUT2D eigenvalue weighted by molar-refractivity contribution is 0.101. The maximum Gasteiger partial charge on any atom is 0.262 e. The smallest absolute Gasteiger partial charge is 0.262 e. The van der Waals surface area contributed by atoms with Gasteiger partial charge in [0.25, 0.3) is 5.91 Å². The summed E-state index contributed by atoms with van der Waals surface area (Å²) in [4.78, 5) is 16.5. The van der Waals surface area contributed by atoms with Crippen molar-refractivity contribution in [3.05, 3.63) is 95.2 Å². The van der Waals surface area contributed by atoms with E-state index in [1.807, 2.05) is 44.2 Å². The molecule has 146 valence electrons. The number of amides is 1. The number of hydrogen-bond acceptors (Lipinski definition) is 3. The van der Waals surface area contributed by atoms with Gasteiger partial charge in [0.15, 0.2) is 0 Å². The van der Waals surface area contributed by atoms with Crippen LogP contribution in [0, 0.1) is 11.6 Å². The Morgan fingerprint density at radius 1 is 1.00 bits per heavy atom. The molecule has 1 amide bonds. The van der Waals surface area contributed by atoms with Crippen molar-refractivity contribution in [1.29, 1.82) is 0 Å². The van der Waals surface area contributed by atoms with E-state index in [4.69, 9.17) is 4.74 Å². The molecule has 29 heavy (non-hydrogen) atoms. The van der Waals surface area contributed by atoms with Gasteiger partial charge in [-0.05, 0) is 55.8 Å². The summed E-state index contributed by atoms with van der Waals surface area (Å²) in [5, 5.41) is 2.43. The van der Waals surface area contributed by atoms with Gasteiger partial charge in [-0.3, -0.25) is 4.79 Å². The van der Waals surface area contributed by atoms with Crippen molar-refractivity contribution >= 4 is 17.3 Å². The van der Waals surface area contributed by atoms with Crippen LogP contribution >= 0.6 is 0 Å². The normalized spacial score (nSPS) is 14.4. The topological polar surface area (TPSA) is 51.2 Å². The Bertz CT molecular complexity index is 1100. The van der Waals surface area contributed by atoms with Crippen molar-refractivity contribution in [3.63, 3.8) is 0 Å². The van der Waals surface area contributed by atoms with E-state index in [0.29, 0.717) is 0 Å². The molecule has 0 saturated heterocycles. The summed E-state index contributed by atoms with van der Waals surface area (Å²) in [5.74, 6) is -1.77. The lowest BCUT2D eigenvalue weighted by atomic mass is 9.91. The predicted molar refractivity (Wildman–Crippen MR) is 107 cm³/mol. The van der Waals surface area contributed by atoms with Crippen molar-refractivity contribution in [2.75, 3.05) is 5.32 Å². The average molecular weight is 392 g/mol. The Balaban J connectivity index is 1.62. The molecule has 2 heterocycles. The molecule has 4 rings (SSSR count). The molecule has 3 aromatic rings. The fraction of sp³-hybridized carbons (Fsp3) is 0.130. The van der Waals surface area contributed by atoms with E-state index < -0.39 is 28.7 Å². The Kier molecular flexibility index (Phi) is 4.62. The third-order valence-electron chi connectivity index (χ3n) is 4.55. The van der Waals surface area contributed by atoms with E-state index >= 15 is 0 Å². The molecule has 2 aromatic carbocycles. The van der Waals surface area contributed by atoms with Crippen molar-refractivity contribution in [1.82, 2.24) is 4.98 Å². The zero-order valence-corrected chi connectivity index (χ0v) is 15.9. The Labute approximate surface area is 166 Å². The van der Waals surface area contributed by atoms with Crippen molar-refractivity contribution in [3.8, 4) is 5.75 Å². The van der Waals surface area contributed by atoms with E-state index in [-0.39, 0.29) is 5.82 Å². The van der Waals surface area contributed by atoms with E-state index in [0.717, 1.165) is 34.6 Å². The summed E-state index contributed by atoms with van der Waals surface area (Å²) in [6, 6.07) is 14.4. The molecular formula is C23H18F2N2O2. The van der Waals surface area contributed by atoms with Crippen LogP contribution in [0.4, 0.5) is 14.6 Å². The summed E-state index contributed by atoms with van der Waals surface area (Å²) in [6.07, 6.45) is 3.62. The van der Waals surface area contributed by atoms with Crippen molar-refractivity contribution in [2.45, 2.75) is 19.4 Å². The summed E-state index contributed by atoms with van der Waals surface area (Å²) < 4.78 is 33.6. The number of benzene rings is 2. The van der Waals surface area contributed by atoms with Gasteiger partial charge in [-0.25, -0.2) is 13.8 Å². The average Bonchev–Trinajstić information content (AvgIpc) is 2.67. The Morgan fingerprint density at radius 2 is 1.72 bits per heavy atom. The number of fused-ring (bicyclic) bond motifs is 1. The number of ether oxygens (including phenoxy) is 1. The number of hydrogen-bond donors (Lipinski definition) is 1. The highest BCUT2D eigenvalue weighted by atomic mass is 19.1. The van der Waals surface area contributed by atoms with Crippen LogP contribution in [0.1, 0.15) is 35.3 Å². The van der Waals surface area contributed by atoms with Crippen LogP contribution in [0.15, 0.2) is 66.9 Å². The summed E-state index contributed by atoms with van der Waals surface area (Å²) in [5.41, 5.74) is 1.62. The van der Waals surface area contributed by atoms with Gasteiger partial charge in [0.2, 0.25) is 0 Å². The highest BCUT2D eigenvalue weighted by Gasteiger charge is 2.27. The Hall–Kier alpha value is -3.54. The maximum absolute atomic E-state index is 13.8. The van der Waals surface area contributed by atoms with Crippen LogP contribution in [-0.4, -0.2) is 16.5 Å². The molecule has 0 spiro atoms. The molecule has 1 aliphatic rings. The first kappa shape index (κ1) is 18.8. The molecule has 0 unspecified atom stereocenters. The summed E-state index contributed by atoms with van der Waals surface area (Å²) in [7, 11) is 0. The van der Waals surface area contributed by atoms with Crippen LogP contribution in [0.3, 0.4) is 0 Å². The number of pyridine rings is 1. The van der Waals surface area contributed by atoms with Crippen LogP contribution in [0.5, 0.6) is 5.75 Å². The number of anilines is 1. The number of carbonyl (C=O) groups excluding carboxylic acids is 1. The van der Waals surface area contributed by atoms with Gasteiger partial charge in [-0.1, -0.05) is 24.3 Å². The SMILES string of the molecule is CC1(C)C=C(c2ccc(NC(=O)c3c(F)cccc3F)nc2)c2ccccc2O1. The molecule has 0 radical (unpaired) electrons. The number of carbonyl (C=O) groups is 1. The second kappa shape index (κ2) is 7.13. The van der Waals surface area contributed by atoms with Crippen LogP contribution in [0.2, 0.25) is 0 Å². The molecule has 0 aliphatic carbocycles. The van der Waals surface area contributed by atoms with Gasteiger partial charge < -0.3 is 10.1 Å².